The van der Waals surface area contributed by atoms with Crippen LogP contribution in [0.1, 0.15) is 10.4 Å². The van der Waals surface area contributed by atoms with Gasteiger partial charge in [-0.1, -0.05) is 23.2 Å². The van der Waals surface area contributed by atoms with Crippen LogP contribution in [0.4, 0.5) is 11.4 Å². The van der Waals surface area contributed by atoms with Crippen LogP contribution in [-0.2, 0) is 0 Å². The van der Waals surface area contributed by atoms with E-state index in [1.165, 1.54) is 18.2 Å². The van der Waals surface area contributed by atoms with Crippen LogP contribution in [0.25, 0.3) is 0 Å². The van der Waals surface area contributed by atoms with E-state index >= 15 is 0 Å². The number of hydrogen-bond acceptors (Lipinski definition) is 3. The van der Waals surface area contributed by atoms with E-state index in [-0.39, 0.29) is 22.0 Å². The van der Waals surface area contributed by atoms with E-state index in [9.17, 15) is 9.90 Å². The fourth-order valence-corrected chi connectivity index (χ4v) is 2.37. The summed E-state index contributed by atoms with van der Waals surface area (Å²) in [5.41, 5.74) is 6.45. The molecule has 20 heavy (non-hydrogen) atoms. The van der Waals surface area contributed by atoms with Crippen molar-refractivity contribution in [3.8, 4) is 5.75 Å². The Balaban J connectivity index is 2.33. The molecule has 0 radical (unpaired) electrons. The quantitative estimate of drug-likeness (QED) is 0.416. The van der Waals surface area contributed by atoms with E-state index in [0.29, 0.717) is 15.2 Å². The number of benzene rings is 2. The van der Waals surface area contributed by atoms with E-state index in [4.69, 9.17) is 28.9 Å². The Labute approximate surface area is 133 Å². The Morgan fingerprint density at radius 2 is 1.90 bits per heavy atom. The number of nitrogen functional groups attached to an aromatic ring is 1. The van der Waals surface area contributed by atoms with Gasteiger partial charge in [0, 0.05) is 10.2 Å². The summed E-state index contributed by atoms with van der Waals surface area (Å²) < 4.78 is 0.624. The molecule has 0 aliphatic rings. The molecule has 0 unspecified atom stereocenters. The third-order valence-electron chi connectivity index (χ3n) is 2.56. The van der Waals surface area contributed by atoms with E-state index in [0.717, 1.165) is 0 Å². The first-order chi connectivity index (χ1) is 9.40. The molecule has 0 saturated carbocycles. The number of nitrogens with two attached hydrogens (primary N) is 1. The van der Waals surface area contributed by atoms with Crippen molar-refractivity contribution in [1.82, 2.24) is 0 Å². The van der Waals surface area contributed by atoms with Crippen LogP contribution in [0.15, 0.2) is 34.8 Å². The average molecular weight is 376 g/mol. The Hall–Kier alpha value is -1.43. The maximum absolute atomic E-state index is 12.1. The van der Waals surface area contributed by atoms with Gasteiger partial charge in [-0.25, -0.2) is 0 Å². The van der Waals surface area contributed by atoms with Crippen molar-refractivity contribution in [2.45, 2.75) is 0 Å². The summed E-state index contributed by atoms with van der Waals surface area (Å²) in [5.74, 6) is -0.539. The number of hydrogen-bond donors (Lipinski definition) is 3. The van der Waals surface area contributed by atoms with E-state index < -0.39 is 5.91 Å². The van der Waals surface area contributed by atoms with Gasteiger partial charge in [-0.15, -0.1) is 0 Å². The molecule has 2 aromatic carbocycles. The first-order valence-electron chi connectivity index (χ1n) is 5.43. The van der Waals surface area contributed by atoms with Crippen LogP contribution < -0.4 is 11.1 Å². The van der Waals surface area contributed by atoms with Gasteiger partial charge in [0.1, 0.15) is 5.75 Å². The molecule has 1 amide bonds. The molecular weight excluding hydrogens is 367 g/mol. The number of carbonyl (C=O) groups excluding carboxylic acids is 1. The predicted octanol–water partition coefficient (Wildman–Crippen LogP) is 4.30. The van der Waals surface area contributed by atoms with Crippen molar-refractivity contribution < 1.29 is 9.90 Å². The molecule has 4 nitrogen and oxygen atoms in total. The molecule has 7 heteroatoms. The van der Waals surface area contributed by atoms with Crippen molar-refractivity contribution in [2.75, 3.05) is 11.1 Å². The van der Waals surface area contributed by atoms with Gasteiger partial charge in [-0.05, 0) is 46.3 Å². The number of halogens is 3. The Kier molecular flexibility index (Phi) is 4.42. The zero-order valence-corrected chi connectivity index (χ0v) is 13.1. The Bertz CT molecular complexity index is 692. The normalized spacial score (nSPS) is 10.3. The number of phenols is 1. The van der Waals surface area contributed by atoms with Gasteiger partial charge in [0.05, 0.1) is 21.3 Å². The lowest BCUT2D eigenvalue weighted by Crippen LogP contribution is -2.14. The Morgan fingerprint density at radius 3 is 2.60 bits per heavy atom. The zero-order valence-electron chi connectivity index (χ0n) is 9.95. The van der Waals surface area contributed by atoms with Gasteiger partial charge in [-0.3, -0.25) is 4.79 Å². The van der Waals surface area contributed by atoms with Gasteiger partial charge < -0.3 is 16.2 Å². The molecule has 2 rings (SSSR count). The predicted molar refractivity (Wildman–Crippen MR) is 84.6 cm³/mol. The van der Waals surface area contributed by atoms with E-state index in [2.05, 4.69) is 21.2 Å². The van der Waals surface area contributed by atoms with Gasteiger partial charge in [0.25, 0.3) is 5.91 Å². The highest BCUT2D eigenvalue weighted by molar-refractivity contribution is 9.10. The van der Waals surface area contributed by atoms with Crippen LogP contribution in [0.2, 0.25) is 10.0 Å². The minimum atomic E-state index is -0.487. The summed E-state index contributed by atoms with van der Waals surface area (Å²) in [6.45, 7) is 0. The zero-order chi connectivity index (χ0) is 14.9. The number of nitrogens with one attached hydrogen (secondary N) is 1. The Morgan fingerprint density at radius 1 is 1.20 bits per heavy atom. The second-order valence-corrected chi connectivity index (χ2v) is 5.56. The highest BCUT2D eigenvalue weighted by atomic mass is 79.9. The fraction of sp³-hybridized carbons (Fsp3) is 0. The standard InChI is InChI=1S/C13H9BrCl2N2O2/c14-8-2-4-10(12(16)11(8)15)18-13(20)7-5-6(19)1-3-9(7)17/h1-5,19H,17H2,(H,18,20). The molecule has 4 N–H and O–H groups in total. The largest absolute Gasteiger partial charge is 0.508 e. The fourth-order valence-electron chi connectivity index (χ4n) is 1.55. The van der Waals surface area contributed by atoms with E-state index in [1.807, 2.05) is 0 Å². The summed E-state index contributed by atoms with van der Waals surface area (Å²) in [4.78, 5) is 12.1. The molecule has 0 bridgehead atoms. The minimum Gasteiger partial charge on any atom is -0.508 e. The molecule has 104 valence electrons. The summed E-state index contributed by atoms with van der Waals surface area (Å²) >= 11 is 15.2. The van der Waals surface area contributed by atoms with Gasteiger partial charge in [0.2, 0.25) is 0 Å². The van der Waals surface area contributed by atoms with E-state index in [1.54, 1.807) is 12.1 Å². The number of phenolic OH excluding ortho intramolecular Hbond substituents is 1. The van der Waals surface area contributed by atoms with Crippen molar-refractivity contribution in [2.24, 2.45) is 0 Å². The summed E-state index contributed by atoms with van der Waals surface area (Å²) in [6, 6.07) is 7.39. The van der Waals surface area contributed by atoms with Crippen LogP contribution in [-0.4, -0.2) is 11.0 Å². The molecule has 0 fully saturated rings. The highest BCUT2D eigenvalue weighted by Crippen LogP contribution is 2.36. The van der Waals surface area contributed by atoms with Gasteiger partial charge >= 0.3 is 0 Å². The third-order valence-corrected chi connectivity index (χ3v) is 4.34. The molecule has 0 heterocycles. The molecule has 0 aromatic heterocycles. The molecule has 0 saturated heterocycles. The lowest BCUT2D eigenvalue weighted by atomic mass is 10.1. The minimum absolute atomic E-state index is 0.0516. The van der Waals surface area contributed by atoms with Gasteiger partial charge in [-0.2, -0.15) is 0 Å². The first-order valence-corrected chi connectivity index (χ1v) is 6.98. The maximum atomic E-state index is 12.1. The number of amides is 1. The van der Waals surface area contributed by atoms with Gasteiger partial charge in [0.15, 0.2) is 0 Å². The lowest BCUT2D eigenvalue weighted by molar-refractivity contribution is 0.102. The summed E-state index contributed by atoms with van der Waals surface area (Å²) in [6.07, 6.45) is 0. The molecule has 0 aliphatic carbocycles. The van der Waals surface area contributed by atoms with Crippen molar-refractivity contribution in [1.29, 1.82) is 0 Å². The van der Waals surface area contributed by atoms with Crippen LogP contribution in [0.5, 0.6) is 5.75 Å². The second kappa shape index (κ2) is 5.91. The number of anilines is 2. The molecular formula is C13H9BrCl2N2O2. The number of aromatic hydroxyl groups is 1. The third kappa shape index (κ3) is 3.00. The topological polar surface area (TPSA) is 75.3 Å². The summed E-state index contributed by atoms with van der Waals surface area (Å²) in [5, 5.41) is 12.5. The first kappa shape index (κ1) is 15.0. The smallest absolute Gasteiger partial charge is 0.257 e. The average Bonchev–Trinajstić information content (AvgIpc) is 2.42. The number of rotatable bonds is 2. The lowest BCUT2D eigenvalue weighted by Gasteiger charge is -2.11. The van der Waals surface area contributed by atoms with Crippen LogP contribution in [0, 0.1) is 0 Å². The highest BCUT2D eigenvalue weighted by Gasteiger charge is 2.14. The van der Waals surface area contributed by atoms with Crippen molar-refractivity contribution in [3.05, 3.63) is 50.4 Å². The van der Waals surface area contributed by atoms with Crippen LogP contribution in [0.3, 0.4) is 0 Å². The second-order valence-electron chi connectivity index (χ2n) is 3.95. The summed E-state index contributed by atoms with van der Waals surface area (Å²) in [7, 11) is 0. The monoisotopic (exact) mass is 374 g/mol. The molecule has 0 aliphatic heterocycles. The van der Waals surface area contributed by atoms with Crippen LogP contribution >= 0.6 is 39.1 Å². The van der Waals surface area contributed by atoms with Crippen molar-refractivity contribution in [3.63, 3.8) is 0 Å². The molecule has 0 spiro atoms. The number of carbonyl (C=O) groups is 1. The molecule has 2 aromatic rings. The van der Waals surface area contributed by atoms with Crippen molar-refractivity contribution >= 4 is 56.4 Å². The SMILES string of the molecule is Nc1ccc(O)cc1C(=O)Nc1ccc(Br)c(Cl)c1Cl. The maximum Gasteiger partial charge on any atom is 0.257 e. The molecule has 0 atom stereocenters.